The van der Waals surface area contributed by atoms with Crippen LogP contribution in [0.5, 0.6) is 11.5 Å². The van der Waals surface area contributed by atoms with Gasteiger partial charge in [0.1, 0.15) is 6.61 Å². The molecule has 3 nitrogen and oxygen atoms in total. The van der Waals surface area contributed by atoms with Gasteiger partial charge in [-0.2, -0.15) is 5.26 Å². The molecule has 0 radical (unpaired) electrons. The van der Waals surface area contributed by atoms with Crippen molar-refractivity contribution in [1.82, 2.24) is 0 Å². The SMILES string of the molecule is COc1cc(C=C(C#N)c2ccccc2)c(Br)cc1OCc1ccc(Cl)cc1. The molecule has 0 fully saturated rings. The van der Waals surface area contributed by atoms with Crippen molar-refractivity contribution in [2.75, 3.05) is 7.11 Å². The van der Waals surface area contributed by atoms with Gasteiger partial charge in [-0.05, 0) is 47.0 Å². The van der Waals surface area contributed by atoms with E-state index in [0.29, 0.717) is 28.7 Å². The fourth-order valence-corrected chi connectivity index (χ4v) is 3.19. The largest absolute Gasteiger partial charge is 0.493 e. The number of nitrogens with zero attached hydrogens (tertiary/aromatic N) is 1. The van der Waals surface area contributed by atoms with Crippen molar-refractivity contribution in [3.8, 4) is 17.6 Å². The van der Waals surface area contributed by atoms with E-state index in [1.54, 1.807) is 7.11 Å². The maximum absolute atomic E-state index is 9.54. The average Bonchev–Trinajstić information content (AvgIpc) is 2.73. The lowest BCUT2D eigenvalue weighted by Crippen LogP contribution is -1.98. The van der Waals surface area contributed by atoms with E-state index >= 15 is 0 Å². The van der Waals surface area contributed by atoms with Gasteiger partial charge in [-0.25, -0.2) is 0 Å². The van der Waals surface area contributed by atoms with Gasteiger partial charge in [-0.1, -0.05) is 70.0 Å². The van der Waals surface area contributed by atoms with E-state index in [4.69, 9.17) is 21.1 Å². The van der Waals surface area contributed by atoms with Gasteiger partial charge >= 0.3 is 0 Å². The number of benzene rings is 3. The molecule has 0 saturated heterocycles. The van der Waals surface area contributed by atoms with Crippen LogP contribution in [0.4, 0.5) is 0 Å². The third-order valence-corrected chi connectivity index (χ3v) is 5.03. The molecule has 0 saturated carbocycles. The standard InChI is InChI=1S/C23H17BrClNO2/c1-27-22-12-18(11-19(14-26)17-5-3-2-4-6-17)21(24)13-23(22)28-15-16-7-9-20(25)10-8-16/h2-13H,15H2,1H3. The summed E-state index contributed by atoms with van der Waals surface area (Å²) in [6.45, 7) is 0.391. The van der Waals surface area contributed by atoms with Crippen LogP contribution in [0.25, 0.3) is 11.6 Å². The minimum Gasteiger partial charge on any atom is -0.493 e. The van der Waals surface area contributed by atoms with E-state index in [2.05, 4.69) is 22.0 Å². The Labute approximate surface area is 177 Å². The van der Waals surface area contributed by atoms with Crippen LogP contribution in [-0.4, -0.2) is 7.11 Å². The van der Waals surface area contributed by atoms with Crippen molar-refractivity contribution in [1.29, 1.82) is 5.26 Å². The molecule has 28 heavy (non-hydrogen) atoms. The van der Waals surface area contributed by atoms with Crippen molar-refractivity contribution >= 4 is 39.2 Å². The summed E-state index contributed by atoms with van der Waals surface area (Å²) in [5.74, 6) is 1.20. The quantitative estimate of drug-likeness (QED) is 0.305. The highest BCUT2D eigenvalue weighted by molar-refractivity contribution is 9.10. The molecule has 3 rings (SSSR count). The topological polar surface area (TPSA) is 42.2 Å². The Balaban J connectivity index is 1.88. The van der Waals surface area contributed by atoms with Gasteiger partial charge in [0.2, 0.25) is 0 Å². The lowest BCUT2D eigenvalue weighted by atomic mass is 10.0. The second-order valence-corrected chi connectivity index (χ2v) is 7.27. The summed E-state index contributed by atoms with van der Waals surface area (Å²) in [7, 11) is 1.59. The number of ether oxygens (including phenoxy) is 2. The third-order valence-electron chi connectivity index (χ3n) is 4.10. The minimum atomic E-state index is 0.391. The second kappa shape index (κ2) is 9.45. The first-order chi connectivity index (χ1) is 13.6. The molecule has 0 spiro atoms. The Morgan fingerprint density at radius 2 is 1.79 bits per heavy atom. The van der Waals surface area contributed by atoms with Crippen LogP contribution in [0.2, 0.25) is 5.02 Å². The summed E-state index contributed by atoms with van der Waals surface area (Å²) >= 11 is 9.49. The Morgan fingerprint density at radius 3 is 2.43 bits per heavy atom. The molecule has 5 heteroatoms. The zero-order valence-corrected chi connectivity index (χ0v) is 17.5. The summed E-state index contributed by atoms with van der Waals surface area (Å²) < 4.78 is 12.2. The zero-order chi connectivity index (χ0) is 19.9. The molecule has 0 heterocycles. The molecule has 3 aromatic carbocycles. The van der Waals surface area contributed by atoms with E-state index < -0.39 is 0 Å². The van der Waals surface area contributed by atoms with Crippen molar-refractivity contribution in [2.45, 2.75) is 6.61 Å². The highest BCUT2D eigenvalue weighted by Gasteiger charge is 2.11. The first-order valence-electron chi connectivity index (χ1n) is 8.52. The van der Waals surface area contributed by atoms with E-state index in [1.165, 1.54) is 0 Å². The van der Waals surface area contributed by atoms with Gasteiger partial charge in [0.25, 0.3) is 0 Å². The Hall–Kier alpha value is -2.74. The van der Waals surface area contributed by atoms with Gasteiger partial charge in [0.05, 0.1) is 18.8 Å². The van der Waals surface area contributed by atoms with Gasteiger partial charge in [0.15, 0.2) is 11.5 Å². The van der Waals surface area contributed by atoms with E-state index in [0.717, 1.165) is 21.2 Å². The Kier molecular flexibility index (Phi) is 6.76. The van der Waals surface area contributed by atoms with Gasteiger partial charge in [-0.3, -0.25) is 0 Å². The van der Waals surface area contributed by atoms with Crippen molar-refractivity contribution < 1.29 is 9.47 Å². The summed E-state index contributed by atoms with van der Waals surface area (Å²) in [4.78, 5) is 0. The predicted molar refractivity (Wildman–Crippen MR) is 116 cm³/mol. The van der Waals surface area contributed by atoms with Crippen LogP contribution < -0.4 is 9.47 Å². The number of hydrogen-bond acceptors (Lipinski definition) is 3. The number of halogens is 2. The Bertz CT molecular complexity index is 1020. The first-order valence-corrected chi connectivity index (χ1v) is 9.70. The second-order valence-electron chi connectivity index (χ2n) is 5.98. The van der Waals surface area contributed by atoms with E-state index in [9.17, 15) is 5.26 Å². The number of allylic oxidation sites excluding steroid dienone is 1. The van der Waals surface area contributed by atoms with Crippen LogP contribution in [-0.2, 0) is 6.61 Å². The van der Waals surface area contributed by atoms with Crippen molar-refractivity contribution in [3.63, 3.8) is 0 Å². The summed E-state index contributed by atoms with van der Waals surface area (Å²) in [5, 5.41) is 10.2. The summed E-state index contributed by atoms with van der Waals surface area (Å²) in [5.41, 5.74) is 3.26. The van der Waals surface area contributed by atoms with E-state index in [-0.39, 0.29) is 0 Å². The van der Waals surface area contributed by atoms with Crippen molar-refractivity contribution in [2.24, 2.45) is 0 Å². The molecule has 0 amide bonds. The average molecular weight is 455 g/mol. The molecular formula is C23H17BrClNO2. The van der Waals surface area contributed by atoms with E-state index in [1.807, 2.05) is 72.8 Å². The molecule has 0 bridgehead atoms. The Morgan fingerprint density at radius 1 is 1.07 bits per heavy atom. The highest BCUT2D eigenvalue weighted by Crippen LogP contribution is 2.36. The predicted octanol–water partition coefficient (Wildman–Crippen LogP) is 6.75. The number of rotatable bonds is 6. The van der Waals surface area contributed by atoms with Crippen molar-refractivity contribution in [3.05, 3.63) is 92.9 Å². The molecule has 0 aromatic heterocycles. The molecule has 0 aliphatic rings. The molecule has 0 unspecified atom stereocenters. The normalized spacial score (nSPS) is 11.0. The van der Waals surface area contributed by atoms with Crippen LogP contribution >= 0.6 is 27.5 Å². The molecule has 0 aliphatic heterocycles. The maximum atomic E-state index is 9.54. The summed E-state index contributed by atoms with van der Waals surface area (Å²) in [6.07, 6.45) is 1.82. The minimum absolute atomic E-state index is 0.391. The van der Waals surface area contributed by atoms with Crippen LogP contribution in [0.15, 0.2) is 71.2 Å². The lowest BCUT2D eigenvalue weighted by Gasteiger charge is -2.13. The monoisotopic (exact) mass is 453 g/mol. The fourth-order valence-electron chi connectivity index (χ4n) is 2.63. The van der Waals surface area contributed by atoms with Gasteiger partial charge in [0, 0.05) is 9.50 Å². The van der Waals surface area contributed by atoms with Gasteiger partial charge < -0.3 is 9.47 Å². The third kappa shape index (κ3) is 4.95. The molecule has 3 aromatic rings. The van der Waals surface area contributed by atoms with Crippen LogP contribution in [0, 0.1) is 11.3 Å². The lowest BCUT2D eigenvalue weighted by molar-refractivity contribution is 0.284. The number of methoxy groups -OCH3 is 1. The fraction of sp³-hybridized carbons (Fsp3) is 0.0870. The first kappa shape index (κ1) is 20.0. The van der Waals surface area contributed by atoms with Gasteiger partial charge in [-0.15, -0.1) is 0 Å². The van der Waals surface area contributed by atoms with Crippen LogP contribution in [0.1, 0.15) is 16.7 Å². The van der Waals surface area contributed by atoms with Crippen LogP contribution in [0.3, 0.4) is 0 Å². The smallest absolute Gasteiger partial charge is 0.162 e. The summed E-state index contributed by atoms with van der Waals surface area (Å²) in [6, 6.07) is 23.0. The maximum Gasteiger partial charge on any atom is 0.162 e. The number of hydrogen-bond donors (Lipinski definition) is 0. The zero-order valence-electron chi connectivity index (χ0n) is 15.2. The highest BCUT2D eigenvalue weighted by atomic mass is 79.9. The molecule has 0 aliphatic carbocycles. The molecule has 140 valence electrons. The molecular weight excluding hydrogens is 438 g/mol. The molecule has 0 atom stereocenters. The molecule has 0 N–H and O–H groups in total. The number of nitriles is 1.